The molecule has 1 fully saturated rings. The van der Waals surface area contributed by atoms with Crippen LogP contribution in [0, 0.1) is 0 Å². The molecule has 1 aliphatic rings. The average molecular weight is 442 g/mol. The predicted molar refractivity (Wildman–Crippen MR) is 127 cm³/mol. The van der Waals surface area contributed by atoms with E-state index in [2.05, 4.69) is 19.1 Å². The molecule has 2 amide bonds. The van der Waals surface area contributed by atoms with Crippen LogP contribution in [0.3, 0.4) is 0 Å². The van der Waals surface area contributed by atoms with Gasteiger partial charge in [0.1, 0.15) is 5.69 Å². The molecule has 0 spiro atoms. The van der Waals surface area contributed by atoms with Crippen LogP contribution in [0.1, 0.15) is 46.3 Å². The Labute approximate surface area is 193 Å². The molecule has 0 aliphatic carbocycles. The van der Waals surface area contributed by atoms with E-state index in [1.807, 2.05) is 82.0 Å². The summed E-state index contributed by atoms with van der Waals surface area (Å²) in [5.74, 6) is -0.0309. The third kappa shape index (κ3) is 3.82. The number of hydrogen-bond donors (Lipinski definition) is 0. The number of benzene rings is 2. The van der Waals surface area contributed by atoms with Crippen molar-refractivity contribution in [1.29, 1.82) is 0 Å². The van der Waals surface area contributed by atoms with E-state index in [4.69, 9.17) is 4.42 Å². The number of furan rings is 1. The molecule has 0 saturated carbocycles. The molecule has 0 radical (unpaired) electrons. The Kier molecular flexibility index (Phi) is 5.50. The lowest BCUT2D eigenvalue weighted by molar-refractivity contribution is 0.0409. The second-order valence-corrected chi connectivity index (χ2v) is 8.63. The standard InChI is InChI=1S/C27H27N3O3/c1-19-18-28(14-15-29(19)25(31)22-11-7-4-8-12-22)26(32)24-17-23-13-16-33-27(23)30(24)20(2)21-9-5-3-6-10-21/h3-13,16-17,19-20H,14-15,18H2,1-2H3/t19-,20-/m1/s1. The van der Waals surface area contributed by atoms with E-state index in [9.17, 15) is 9.59 Å². The van der Waals surface area contributed by atoms with Gasteiger partial charge in [-0.25, -0.2) is 0 Å². The number of nitrogens with zero attached hydrogens (tertiary/aromatic N) is 3. The summed E-state index contributed by atoms with van der Waals surface area (Å²) in [4.78, 5) is 30.3. The molecule has 0 unspecified atom stereocenters. The molecule has 1 saturated heterocycles. The largest absolute Gasteiger partial charge is 0.448 e. The van der Waals surface area contributed by atoms with E-state index >= 15 is 0 Å². The zero-order chi connectivity index (χ0) is 22.9. The first kappa shape index (κ1) is 21.1. The van der Waals surface area contributed by atoms with Crippen molar-refractivity contribution >= 4 is 22.9 Å². The number of hydrogen-bond acceptors (Lipinski definition) is 3. The van der Waals surface area contributed by atoms with Crippen LogP contribution in [-0.2, 0) is 0 Å². The van der Waals surface area contributed by atoms with Crippen molar-refractivity contribution in [3.63, 3.8) is 0 Å². The van der Waals surface area contributed by atoms with Crippen molar-refractivity contribution < 1.29 is 14.0 Å². The van der Waals surface area contributed by atoms with Crippen LogP contribution >= 0.6 is 0 Å². The number of aromatic nitrogens is 1. The van der Waals surface area contributed by atoms with Crippen molar-refractivity contribution in [3.8, 4) is 0 Å². The van der Waals surface area contributed by atoms with Crippen molar-refractivity contribution in [2.75, 3.05) is 19.6 Å². The van der Waals surface area contributed by atoms with Gasteiger partial charge in [0.25, 0.3) is 11.8 Å². The predicted octanol–water partition coefficient (Wildman–Crippen LogP) is 4.83. The molecule has 2 aromatic carbocycles. The van der Waals surface area contributed by atoms with Gasteiger partial charge in [0.15, 0.2) is 0 Å². The van der Waals surface area contributed by atoms with Crippen LogP contribution < -0.4 is 0 Å². The molecule has 33 heavy (non-hydrogen) atoms. The average Bonchev–Trinajstić information content (AvgIpc) is 3.45. The van der Waals surface area contributed by atoms with Crippen molar-refractivity contribution in [2.45, 2.75) is 25.9 Å². The van der Waals surface area contributed by atoms with Crippen LogP contribution in [0.4, 0.5) is 0 Å². The first-order chi connectivity index (χ1) is 16.0. The summed E-state index contributed by atoms with van der Waals surface area (Å²) in [6.45, 7) is 5.56. The Hall–Kier alpha value is -3.80. The minimum Gasteiger partial charge on any atom is -0.448 e. The van der Waals surface area contributed by atoms with Gasteiger partial charge in [-0.15, -0.1) is 0 Å². The molecular weight excluding hydrogens is 414 g/mol. The maximum absolute atomic E-state index is 13.7. The number of piperazine rings is 1. The van der Waals surface area contributed by atoms with E-state index in [-0.39, 0.29) is 23.9 Å². The zero-order valence-corrected chi connectivity index (χ0v) is 18.8. The van der Waals surface area contributed by atoms with Crippen LogP contribution in [0.15, 0.2) is 83.5 Å². The fourth-order valence-corrected chi connectivity index (χ4v) is 4.73. The van der Waals surface area contributed by atoms with Gasteiger partial charge in [-0.3, -0.25) is 14.2 Å². The summed E-state index contributed by atoms with van der Waals surface area (Å²) in [5.41, 5.74) is 3.08. The van der Waals surface area contributed by atoms with Crippen molar-refractivity contribution in [1.82, 2.24) is 14.4 Å². The van der Waals surface area contributed by atoms with E-state index < -0.39 is 0 Å². The highest BCUT2D eigenvalue weighted by atomic mass is 16.3. The van der Waals surface area contributed by atoms with Gasteiger partial charge in [-0.1, -0.05) is 48.5 Å². The lowest BCUT2D eigenvalue weighted by atomic mass is 10.1. The first-order valence-corrected chi connectivity index (χ1v) is 11.3. The molecule has 4 aromatic rings. The topological polar surface area (TPSA) is 58.7 Å². The van der Waals surface area contributed by atoms with E-state index in [0.29, 0.717) is 36.6 Å². The summed E-state index contributed by atoms with van der Waals surface area (Å²) in [5, 5.41) is 0.909. The number of amides is 2. The van der Waals surface area contributed by atoms with Crippen molar-refractivity contribution in [2.24, 2.45) is 0 Å². The van der Waals surface area contributed by atoms with Crippen LogP contribution in [0.25, 0.3) is 11.1 Å². The molecule has 0 N–H and O–H groups in total. The highest BCUT2D eigenvalue weighted by Gasteiger charge is 2.33. The smallest absolute Gasteiger partial charge is 0.270 e. The lowest BCUT2D eigenvalue weighted by Crippen LogP contribution is -2.55. The van der Waals surface area contributed by atoms with Crippen LogP contribution in [0.2, 0.25) is 0 Å². The van der Waals surface area contributed by atoms with Gasteiger partial charge < -0.3 is 14.2 Å². The van der Waals surface area contributed by atoms with E-state index in [1.54, 1.807) is 6.26 Å². The molecule has 6 heteroatoms. The fourth-order valence-electron chi connectivity index (χ4n) is 4.73. The summed E-state index contributed by atoms with van der Waals surface area (Å²) in [6.07, 6.45) is 1.66. The minimum atomic E-state index is -0.0756. The van der Waals surface area contributed by atoms with Gasteiger partial charge in [0.2, 0.25) is 5.71 Å². The minimum absolute atomic E-state index is 0.00814. The van der Waals surface area contributed by atoms with E-state index in [0.717, 1.165) is 10.9 Å². The third-order valence-electron chi connectivity index (χ3n) is 6.53. The highest BCUT2D eigenvalue weighted by molar-refractivity contribution is 5.98. The molecule has 2 atom stereocenters. The van der Waals surface area contributed by atoms with Crippen LogP contribution in [-0.4, -0.2) is 51.9 Å². The quantitative estimate of drug-likeness (QED) is 0.456. The zero-order valence-electron chi connectivity index (χ0n) is 18.8. The van der Waals surface area contributed by atoms with Gasteiger partial charge >= 0.3 is 0 Å². The molecule has 168 valence electrons. The van der Waals surface area contributed by atoms with Gasteiger partial charge in [-0.2, -0.15) is 0 Å². The highest BCUT2D eigenvalue weighted by Crippen LogP contribution is 2.30. The number of carbonyl (C=O) groups excluding carboxylic acids is 2. The Balaban J connectivity index is 1.40. The molecule has 2 aromatic heterocycles. The van der Waals surface area contributed by atoms with Crippen LogP contribution in [0.5, 0.6) is 0 Å². The fraction of sp³-hybridized carbons (Fsp3) is 0.259. The van der Waals surface area contributed by atoms with Gasteiger partial charge in [-0.05, 0) is 43.7 Å². The van der Waals surface area contributed by atoms with Gasteiger partial charge in [0.05, 0.1) is 12.3 Å². The maximum Gasteiger partial charge on any atom is 0.270 e. The lowest BCUT2D eigenvalue weighted by Gasteiger charge is -2.40. The van der Waals surface area contributed by atoms with Crippen molar-refractivity contribution in [3.05, 3.63) is 95.9 Å². The summed E-state index contributed by atoms with van der Waals surface area (Å²) in [7, 11) is 0. The summed E-state index contributed by atoms with van der Waals surface area (Å²) >= 11 is 0. The molecule has 6 nitrogen and oxygen atoms in total. The SMILES string of the molecule is C[C@@H]1CN(C(=O)c2cc3ccoc3n2[C@H](C)c2ccccc2)CCN1C(=O)c1ccccc1. The molecule has 5 rings (SSSR count). The Morgan fingerprint density at radius 1 is 0.939 bits per heavy atom. The number of rotatable bonds is 4. The second-order valence-electron chi connectivity index (χ2n) is 8.63. The third-order valence-corrected chi connectivity index (χ3v) is 6.53. The Bertz CT molecular complexity index is 1280. The molecule has 0 bridgehead atoms. The summed E-state index contributed by atoms with van der Waals surface area (Å²) < 4.78 is 7.75. The number of fused-ring (bicyclic) bond motifs is 1. The van der Waals surface area contributed by atoms with E-state index in [1.165, 1.54) is 0 Å². The first-order valence-electron chi connectivity index (χ1n) is 11.3. The Morgan fingerprint density at radius 2 is 1.64 bits per heavy atom. The molecule has 3 heterocycles. The number of carbonyl (C=O) groups is 2. The van der Waals surface area contributed by atoms with Gasteiger partial charge in [0, 0.05) is 36.6 Å². The monoisotopic (exact) mass is 441 g/mol. The molecule has 1 aliphatic heterocycles. The normalized spacial score (nSPS) is 17.3. The second kappa shape index (κ2) is 8.62. The summed E-state index contributed by atoms with van der Waals surface area (Å²) in [6, 6.07) is 23.1. The maximum atomic E-state index is 13.7. The Morgan fingerprint density at radius 3 is 2.33 bits per heavy atom. The molecular formula is C27H27N3O3.